The average molecular weight is 331 g/mol. The molecule has 8 nitrogen and oxygen atoms in total. The minimum Gasteiger partial charge on any atom is -0.313 e. The second-order valence-corrected chi connectivity index (χ2v) is 6.90. The maximum absolute atomic E-state index is 13.0. The summed E-state index contributed by atoms with van der Waals surface area (Å²) in [6, 6.07) is 0.705. The van der Waals surface area contributed by atoms with Crippen LogP contribution in [0.25, 0.3) is 0 Å². The Morgan fingerprint density at radius 2 is 1.88 bits per heavy atom. The molecule has 1 aromatic heterocycles. The van der Waals surface area contributed by atoms with E-state index < -0.39 is 11.6 Å². The van der Waals surface area contributed by atoms with Crippen LogP contribution in [0.3, 0.4) is 0 Å². The molecular weight excluding hydrogens is 310 g/mol. The molecule has 2 saturated heterocycles. The van der Waals surface area contributed by atoms with E-state index in [4.69, 9.17) is 0 Å². The number of aryl methyl sites for hydroxylation is 1. The molecule has 1 saturated carbocycles. The summed E-state index contributed by atoms with van der Waals surface area (Å²) in [4.78, 5) is 42.8. The standard InChI is InChI=1S/C16H21N5O3/c1-18-9-6-12(17-18)20-10-5-11(13(20)22)21-14(23)16(7-3-4-8-16)19(2)15(21)24/h6,9,11H,3-5,7-8,10H2,1-2H3. The van der Waals surface area contributed by atoms with Gasteiger partial charge >= 0.3 is 6.03 Å². The van der Waals surface area contributed by atoms with Gasteiger partial charge in [-0.05, 0) is 19.3 Å². The van der Waals surface area contributed by atoms with Crippen LogP contribution in [0.2, 0.25) is 0 Å². The molecule has 0 radical (unpaired) electrons. The molecule has 1 spiro atoms. The lowest BCUT2D eigenvalue weighted by Crippen LogP contribution is -2.48. The van der Waals surface area contributed by atoms with Crippen LogP contribution in [0.5, 0.6) is 0 Å². The topological polar surface area (TPSA) is 78.8 Å². The Bertz CT molecular complexity index is 721. The third-order valence-corrected chi connectivity index (χ3v) is 5.65. The number of rotatable bonds is 2. The Morgan fingerprint density at radius 1 is 1.17 bits per heavy atom. The Morgan fingerprint density at radius 3 is 2.50 bits per heavy atom. The summed E-state index contributed by atoms with van der Waals surface area (Å²) in [6.07, 6.45) is 5.48. The zero-order valence-electron chi connectivity index (χ0n) is 13.9. The van der Waals surface area contributed by atoms with Crippen molar-refractivity contribution in [2.45, 2.75) is 43.7 Å². The summed E-state index contributed by atoms with van der Waals surface area (Å²) in [5, 5.41) is 4.25. The van der Waals surface area contributed by atoms with Crippen molar-refractivity contribution in [1.29, 1.82) is 0 Å². The number of anilines is 1. The number of amides is 4. The van der Waals surface area contributed by atoms with Crippen LogP contribution < -0.4 is 4.90 Å². The van der Waals surface area contributed by atoms with E-state index >= 15 is 0 Å². The molecule has 1 aliphatic carbocycles. The molecule has 2 aliphatic heterocycles. The normalized spacial score (nSPS) is 26.5. The molecule has 4 rings (SSSR count). The van der Waals surface area contributed by atoms with Gasteiger partial charge in [0.2, 0.25) is 0 Å². The smallest absolute Gasteiger partial charge is 0.313 e. The number of hydrogen-bond acceptors (Lipinski definition) is 4. The summed E-state index contributed by atoms with van der Waals surface area (Å²) in [6.45, 7) is 0.467. The van der Waals surface area contributed by atoms with Crippen molar-refractivity contribution in [1.82, 2.24) is 19.6 Å². The number of imide groups is 1. The fourth-order valence-electron chi connectivity index (χ4n) is 4.26. The first-order valence-corrected chi connectivity index (χ1v) is 8.38. The molecule has 0 aromatic carbocycles. The maximum atomic E-state index is 13.0. The highest BCUT2D eigenvalue weighted by atomic mass is 16.2. The van der Waals surface area contributed by atoms with Gasteiger partial charge in [0, 0.05) is 32.9 Å². The molecular formula is C16H21N5O3. The van der Waals surface area contributed by atoms with Crippen LogP contribution in [-0.2, 0) is 16.6 Å². The number of carbonyl (C=O) groups excluding carboxylic acids is 3. The van der Waals surface area contributed by atoms with Crippen LogP contribution in [0.15, 0.2) is 12.3 Å². The third kappa shape index (κ3) is 1.85. The third-order valence-electron chi connectivity index (χ3n) is 5.65. The predicted molar refractivity (Wildman–Crippen MR) is 85.2 cm³/mol. The van der Waals surface area contributed by atoms with Gasteiger partial charge in [0.15, 0.2) is 5.82 Å². The molecule has 8 heteroatoms. The lowest BCUT2D eigenvalue weighted by atomic mass is 9.96. The minimum absolute atomic E-state index is 0.200. The highest BCUT2D eigenvalue weighted by molar-refractivity contribution is 6.12. The minimum atomic E-state index is -0.726. The summed E-state index contributed by atoms with van der Waals surface area (Å²) >= 11 is 0. The fourth-order valence-corrected chi connectivity index (χ4v) is 4.26. The van der Waals surface area contributed by atoms with E-state index in [2.05, 4.69) is 5.10 Å². The lowest BCUT2D eigenvalue weighted by molar-refractivity contribution is -0.137. The number of carbonyl (C=O) groups is 3. The lowest BCUT2D eigenvalue weighted by Gasteiger charge is -2.27. The second kappa shape index (κ2) is 5.06. The molecule has 3 fully saturated rings. The van der Waals surface area contributed by atoms with Gasteiger partial charge < -0.3 is 4.90 Å². The summed E-state index contributed by atoms with van der Waals surface area (Å²) in [7, 11) is 3.47. The van der Waals surface area contributed by atoms with Crippen LogP contribution in [0, 0.1) is 0 Å². The highest BCUT2D eigenvalue weighted by Crippen LogP contribution is 2.42. The van der Waals surface area contributed by atoms with Crippen LogP contribution in [0.1, 0.15) is 32.1 Å². The predicted octanol–water partition coefficient (Wildman–Crippen LogP) is 0.732. The maximum Gasteiger partial charge on any atom is 0.328 e. The number of aromatic nitrogens is 2. The zero-order chi connectivity index (χ0) is 17.1. The first kappa shape index (κ1) is 15.2. The fraction of sp³-hybridized carbons (Fsp3) is 0.625. The Hall–Kier alpha value is -2.38. The summed E-state index contributed by atoms with van der Waals surface area (Å²) < 4.78 is 1.63. The summed E-state index contributed by atoms with van der Waals surface area (Å²) in [5.41, 5.74) is -0.726. The Labute approximate surface area is 140 Å². The molecule has 1 unspecified atom stereocenters. The van der Waals surface area contributed by atoms with E-state index in [0.717, 1.165) is 12.8 Å². The van der Waals surface area contributed by atoms with Crippen LogP contribution in [0.4, 0.5) is 10.6 Å². The van der Waals surface area contributed by atoms with Gasteiger partial charge in [-0.3, -0.25) is 19.2 Å². The number of urea groups is 1. The largest absolute Gasteiger partial charge is 0.328 e. The monoisotopic (exact) mass is 331 g/mol. The van der Waals surface area contributed by atoms with E-state index in [9.17, 15) is 14.4 Å². The van der Waals surface area contributed by atoms with Crippen molar-refractivity contribution in [2.75, 3.05) is 18.5 Å². The average Bonchev–Trinajstić information content (AvgIpc) is 3.30. The van der Waals surface area contributed by atoms with Gasteiger partial charge in [-0.25, -0.2) is 9.69 Å². The molecule has 0 bridgehead atoms. The first-order chi connectivity index (χ1) is 11.5. The number of likely N-dealkylation sites (N-methyl/N-ethyl adjacent to an activating group) is 1. The van der Waals surface area contributed by atoms with Crippen molar-refractivity contribution in [3.05, 3.63) is 12.3 Å². The molecule has 24 heavy (non-hydrogen) atoms. The molecule has 4 amide bonds. The first-order valence-electron chi connectivity index (χ1n) is 8.38. The SMILES string of the molecule is CN1C(=O)N(C2CCN(c3ccn(C)n3)C2=O)C(=O)C12CCCC2. The second-order valence-electron chi connectivity index (χ2n) is 6.90. The molecule has 1 aromatic rings. The van der Waals surface area contributed by atoms with Crippen molar-refractivity contribution in [3.8, 4) is 0 Å². The number of nitrogens with zero attached hydrogens (tertiary/aromatic N) is 5. The summed E-state index contributed by atoms with van der Waals surface area (Å²) in [5.74, 6) is 0.139. The molecule has 3 aliphatic rings. The van der Waals surface area contributed by atoms with Gasteiger partial charge in [-0.1, -0.05) is 12.8 Å². The van der Waals surface area contributed by atoms with E-state index in [0.29, 0.717) is 31.6 Å². The van der Waals surface area contributed by atoms with Crippen molar-refractivity contribution in [2.24, 2.45) is 7.05 Å². The Kier molecular flexibility index (Phi) is 3.20. The molecule has 0 N–H and O–H groups in total. The molecule has 128 valence electrons. The zero-order valence-corrected chi connectivity index (χ0v) is 13.9. The van der Waals surface area contributed by atoms with Crippen molar-refractivity contribution < 1.29 is 14.4 Å². The van der Waals surface area contributed by atoms with E-state index in [1.807, 2.05) is 0 Å². The Balaban J connectivity index is 1.61. The molecule has 3 heterocycles. The van der Waals surface area contributed by atoms with E-state index in [1.165, 1.54) is 4.90 Å². The van der Waals surface area contributed by atoms with E-state index in [1.54, 1.807) is 40.8 Å². The molecule has 1 atom stereocenters. The number of hydrogen-bond donors (Lipinski definition) is 0. The van der Waals surface area contributed by atoms with Gasteiger partial charge in [0.25, 0.3) is 11.8 Å². The van der Waals surface area contributed by atoms with Crippen LogP contribution >= 0.6 is 0 Å². The van der Waals surface area contributed by atoms with Gasteiger partial charge in [0.05, 0.1) is 0 Å². The van der Waals surface area contributed by atoms with Crippen molar-refractivity contribution >= 4 is 23.7 Å². The van der Waals surface area contributed by atoms with Crippen molar-refractivity contribution in [3.63, 3.8) is 0 Å². The van der Waals surface area contributed by atoms with E-state index in [-0.39, 0.29) is 17.8 Å². The van der Waals surface area contributed by atoms with Gasteiger partial charge in [0.1, 0.15) is 11.6 Å². The quantitative estimate of drug-likeness (QED) is 0.749. The van der Waals surface area contributed by atoms with Gasteiger partial charge in [-0.2, -0.15) is 5.10 Å². The van der Waals surface area contributed by atoms with Gasteiger partial charge in [-0.15, -0.1) is 0 Å². The van der Waals surface area contributed by atoms with Crippen LogP contribution in [-0.4, -0.2) is 62.6 Å². The highest BCUT2D eigenvalue weighted by Gasteiger charge is 2.60.